The van der Waals surface area contributed by atoms with Crippen LogP contribution >= 0.6 is 11.6 Å². The number of nitrogens with one attached hydrogen (secondary N) is 2. The summed E-state index contributed by atoms with van der Waals surface area (Å²) >= 11 is 5.82. The van der Waals surface area contributed by atoms with Crippen LogP contribution in [0.15, 0.2) is 47.0 Å². The van der Waals surface area contributed by atoms with E-state index in [2.05, 4.69) is 20.8 Å². The Morgan fingerprint density at radius 3 is 2.94 bits per heavy atom. The van der Waals surface area contributed by atoms with Gasteiger partial charge in [-0.3, -0.25) is 4.79 Å². The third-order valence-electron chi connectivity index (χ3n) is 5.15. The van der Waals surface area contributed by atoms with E-state index < -0.39 is 5.82 Å². The normalized spacial score (nSPS) is 19.1. The topological polar surface area (TPSA) is 89.3 Å². The van der Waals surface area contributed by atoms with Crippen LogP contribution in [0.1, 0.15) is 27.9 Å². The van der Waals surface area contributed by atoms with Gasteiger partial charge in [0.05, 0.1) is 23.3 Å². The van der Waals surface area contributed by atoms with Gasteiger partial charge in [0, 0.05) is 38.0 Å². The number of ether oxygens (including phenoxy) is 1. The second-order valence-corrected chi connectivity index (χ2v) is 7.73. The van der Waals surface area contributed by atoms with Gasteiger partial charge in [0.15, 0.2) is 0 Å². The minimum absolute atomic E-state index is 0.0636. The molecular weight excluding hydrogens is 423 g/mol. The SMILES string of the molecule is Cc1nc(-c2ccccc2C(=O)NC[C@@H]2CNCCO[C@H]2c2ccc(Cl)c(F)c2)no1. The molecule has 1 aliphatic rings. The molecule has 1 aliphatic heterocycles. The Bertz CT molecular complexity index is 1070. The molecule has 0 unspecified atom stereocenters. The van der Waals surface area contributed by atoms with Gasteiger partial charge in [-0.25, -0.2) is 4.39 Å². The van der Waals surface area contributed by atoms with Crippen LogP contribution in [0.5, 0.6) is 0 Å². The summed E-state index contributed by atoms with van der Waals surface area (Å²) in [6.07, 6.45) is -0.378. The van der Waals surface area contributed by atoms with Gasteiger partial charge in [0.2, 0.25) is 11.7 Å². The number of carbonyl (C=O) groups excluding carboxylic acids is 1. The lowest BCUT2D eigenvalue weighted by atomic mass is 9.95. The van der Waals surface area contributed by atoms with Crippen molar-refractivity contribution in [3.63, 3.8) is 0 Å². The lowest BCUT2D eigenvalue weighted by Gasteiger charge is -2.25. The number of aromatic nitrogens is 2. The van der Waals surface area contributed by atoms with Crippen molar-refractivity contribution in [3.8, 4) is 11.4 Å². The molecule has 0 saturated carbocycles. The van der Waals surface area contributed by atoms with Gasteiger partial charge < -0.3 is 19.9 Å². The highest BCUT2D eigenvalue weighted by molar-refractivity contribution is 6.30. The standard InChI is InChI=1S/C22H22ClFN4O3/c1-13-27-21(28-31-13)16-4-2-3-5-17(16)22(29)26-12-15-11-25-8-9-30-20(15)14-6-7-18(23)19(24)10-14/h2-7,10,15,20,25H,8-9,11-12H2,1H3,(H,26,29)/t15-,20-/m0/s1. The first-order chi connectivity index (χ1) is 15.0. The Balaban J connectivity index is 1.52. The fourth-order valence-corrected chi connectivity index (χ4v) is 3.75. The van der Waals surface area contributed by atoms with E-state index in [1.54, 1.807) is 31.2 Å². The second kappa shape index (κ2) is 9.55. The van der Waals surface area contributed by atoms with Crippen LogP contribution in [-0.4, -0.2) is 42.3 Å². The Morgan fingerprint density at radius 1 is 1.32 bits per heavy atom. The first-order valence-electron chi connectivity index (χ1n) is 9.98. The molecule has 0 aliphatic carbocycles. The van der Waals surface area contributed by atoms with E-state index in [4.69, 9.17) is 20.9 Å². The zero-order chi connectivity index (χ0) is 21.8. The summed E-state index contributed by atoms with van der Waals surface area (Å²) < 4.78 is 25.0. The van der Waals surface area contributed by atoms with Gasteiger partial charge in [0.1, 0.15) is 5.82 Å². The first kappa shape index (κ1) is 21.4. The Hall–Kier alpha value is -2.81. The molecule has 1 saturated heterocycles. The molecule has 4 rings (SSSR count). The molecule has 162 valence electrons. The molecule has 2 heterocycles. The molecule has 7 nitrogen and oxygen atoms in total. The predicted octanol–water partition coefficient (Wildman–Crippen LogP) is 3.54. The number of halogens is 2. The van der Waals surface area contributed by atoms with E-state index in [-0.39, 0.29) is 23.0 Å². The van der Waals surface area contributed by atoms with Crippen molar-refractivity contribution in [2.45, 2.75) is 13.0 Å². The first-order valence-corrected chi connectivity index (χ1v) is 10.4. The number of hydrogen-bond donors (Lipinski definition) is 2. The van der Waals surface area contributed by atoms with E-state index in [1.807, 2.05) is 6.07 Å². The minimum Gasteiger partial charge on any atom is -0.372 e. The fraction of sp³-hybridized carbons (Fsp3) is 0.318. The number of aryl methyl sites for hydroxylation is 1. The maximum atomic E-state index is 14.0. The monoisotopic (exact) mass is 444 g/mol. The van der Waals surface area contributed by atoms with Gasteiger partial charge in [0.25, 0.3) is 5.91 Å². The average Bonchev–Trinajstić information content (AvgIpc) is 3.07. The molecular formula is C22H22ClFN4O3. The molecule has 0 spiro atoms. The van der Waals surface area contributed by atoms with Crippen molar-refractivity contribution in [2.75, 3.05) is 26.2 Å². The summed E-state index contributed by atoms with van der Waals surface area (Å²) in [5.41, 5.74) is 1.72. The second-order valence-electron chi connectivity index (χ2n) is 7.32. The highest BCUT2D eigenvalue weighted by atomic mass is 35.5. The molecule has 1 aromatic heterocycles. The molecule has 2 atom stereocenters. The highest BCUT2D eigenvalue weighted by Crippen LogP contribution is 2.30. The van der Waals surface area contributed by atoms with Gasteiger partial charge in [-0.1, -0.05) is 41.0 Å². The van der Waals surface area contributed by atoms with Crippen LogP contribution in [0.25, 0.3) is 11.4 Å². The number of hydrogen-bond acceptors (Lipinski definition) is 6. The van der Waals surface area contributed by atoms with Crippen molar-refractivity contribution in [1.82, 2.24) is 20.8 Å². The number of nitrogens with zero attached hydrogens (tertiary/aromatic N) is 2. The quantitative estimate of drug-likeness (QED) is 0.625. The van der Waals surface area contributed by atoms with Gasteiger partial charge in [-0.15, -0.1) is 0 Å². The lowest BCUT2D eigenvalue weighted by Crippen LogP contribution is -2.36. The van der Waals surface area contributed by atoms with Gasteiger partial charge >= 0.3 is 0 Å². The van der Waals surface area contributed by atoms with Crippen LogP contribution < -0.4 is 10.6 Å². The molecule has 1 fully saturated rings. The maximum absolute atomic E-state index is 14.0. The molecule has 9 heteroatoms. The summed E-state index contributed by atoms with van der Waals surface area (Å²) in [7, 11) is 0. The van der Waals surface area contributed by atoms with E-state index in [1.165, 1.54) is 12.1 Å². The Labute approximate surface area is 183 Å². The summed E-state index contributed by atoms with van der Waals surface area (Å²) in [4.78, 5) is 17.2. The summed E-state index contributed by atoms with van der Waals surface area (Å²) in [5.74, 6) is -0.0794. The van der Waals surface area contributed by atoms with Crippen LogP contribution in [0.3, 0.4) is 0 Å². The van der Waals surface area contributed by atoms with Crippen molar-refractivity contribution in [1.29, 1.82) is 0 Å². The zero-order valence-corrected chi connectivity index (χ0v) is 17.7. The van der Waals surface area contributed by atoms with Gasteiger partial charge in [-0.05, 0) is 23.8 Å². The predicted molar refractivity (Wildman–Crippen MR) is 113 cm³/mol. The fourth-order valence-electron chi connectivity index (χ4n) is 3.63. The minimum atomic E-state index is -0.493. The molecule has 1 amide bonds. The van der Waals surface area contributed by atoms with E-state index >= 15 is 0 Å². The van der Waals surface area contributed by atoms with Crippen LogP contribution in [-0.2, 0) is 4.74 Å². The van der Waals surface area contributed by atoms with E-state index in [0.29, 0.717) is 54.6 Å². The van der Waals surface area contributed by atoms with E-state index in [9.17, 15) is 9.18 Å². The molecule has 3 aromatic rings. The zero-order valence-electron chi connectivity index (χ0n) is 16.9. The molecule has 31 heavy (non-hydrogen) atoms. The summed E-state index contributed by atoms with van der Waals surface area (Å²) in [6, 6.07) is 11.7. The van der Waals surface area contributed by atoms with Crippen molar-refractivity contribution < 1.29 is 18.4 Å². The number of rotatable bonds is 5. The smallest absolute Gasteiger partial charge is 0.252 e. The molecule has 0 bridgehead atoms. The third-order valence-corrected chi connectivity index (χ3v) is 5.45. The summed E-state index contributed by atoms with van der Waals surface area (Å²) in [5, 5.41) is 10.3. The molecule has 0 radical (unpaired) electrons. The Morgan fingerprint density at radius 2 is 2.16 bits per heavy atom. The van der Waals surface area contributed by atoms with Crippen LogP contribution in [0.2, 0.25) is 5.02 Å². The van der Waals surface area contributed by atoms with Crippen molar-refractivity contribution in [3.05, 3.63) is 70.3 Å². The lowest BCUT2D eigenvalue weighted by molar-refractivity contribution is 0.0304. The molecule has 2 N–H and O–H groups in total. The molecule has 2 aromatic carbocycles. The number of carbonyl (C=O) groups is 1. The average molecular weight is 445 g/mol. The largest absolute Gasteiger partial charge is 0.372 e. The Kier molecular flexibility index (Phi) is 6.60. The van der Waals surface area contributed by atoms with Crippen LogP contribution in [0, 0.1) is 18.7 Å². The van der Waals surface area contributed by atoms with E-state index in [0.717, 1.165) is 0 Å². The number of benzene rings is 2. The van der Waals surface area contributed by atoms with Crippen molar-refractivity contribution >= 4 is 17.5 Å². The third kappa shape index (κ3) is 4.92. The summed E-state index contributed by atoms with van der Waals surface area (Å²) in [6.45, 7) is 3.80. The maximum Gasteiger partial charge on any atom is 0.252 e. The van der Waals surface area contributed by atoms with Crippen LogP contribution in [0.4, 0.5) is 4.39 Å². The highest BCUT2D eigenvalue weighted by Gasteiger charge is 2.28. The van der Waals surface area contributed by atoms with Gasteiger partial charge in [-0.2, -0.15) is 4.98 Å². The van der Waals surface area contributed by atoms with Crippen molar-refractivity contribution in [2.24, 2.45) is 5.92 Å². The number of amides is 1.